The Morgan fingerprint density at radius 1 is 1.03 bits per heavy atom. The summed E-state index contributed by atoms with van der Waals surface area (Å²) in [7, 11) is 1.45. The molecule has 10 heteroatoms. The summed E-state index contributed by atoms with van der Waals surface area (Å²) in [5.74, 6) is -0.484. The monoisotopic (exact) mass is 499 g/mol. The van der Waals surface area contributed by atoms with E-state index in [0.29, 0.717) is 35.4 Å². The first-order chi connectivity index (χ1) is 16.4. The second-order valence-electron chi connectivity index (χ2n) is 7.21. The van der Waals surface area contributed by atoms with Crippen LogP contribution in [-0.2, 0) is 16.1 Å². The molecule has 4 amide bonds. The molecule has 1 aromatic heterocycles. The van der Waals surface area contributed by atoms with Crippen LogP contribution in [-0.4, -0.2) is 36.1 Å². The lowest BCUT2D eigenvalue weighted by molar-refractivity contribution is -0.122. The highest BCUT2D eigenvalue weighted by atomic mass is 35.5. The van der Waals surface area contributed by atoms with Gasteiger partial charge in [-0.1, -0.05) is 23.2 Å². The Bertz CT molecular complexity index is 1280. The lowest BCUT2D eigenvalue weighted by Gasteiger charge is -2.26. The number of urea groups is 1. The van der Waals surface area contributed by atoms with Gasteiger partial charge in [-0.15, -0.1) is 0 Å². The molecule has 1 aliphatic rings. The number of halogens is 2. The highest BCUT2D eigenvalue weighted by Crippen LogP contribution is 2.31. The van der Waals surface area contributed by atoms with Gasteiger partial charge in [0.05, 0.1) is 24.4 Å². The number of carbonyl (C=O) groups is 3. The number of amides is 4. The zero-order chi connectivity index (χ0) is 24.2. The number of barbiturate groups is 1. The van der Waals surface area contributed by atoms with Crippen molar-refractivity contribution in [1.29, 1.82) is 0 Å². The molecule has 1 N–H and O–H groups in total. The van der Waals surface area contributed by atoms with Gasteiger partial charge in [-0.2, -0.15) is 0 Å². The molecule has 4 rings (SSSR count). The molecule has 2 heterocycles. The van der Waals surface area contributed by atoms with Crippen molar-refractivity contribution in [3.8, 4) is 11.5 Å². The van der Waals surface area contributed by atoms with Crippen molar-refractivity contribution in [3.63, 3.8) is 0 Å². The maximum absolute atomic E-state index is 13.1. The van der Waals surface area contributed by atoms with Crippen LogP contribution in [0.15, 0.2) is 66.4 Å². The fourth-order valence-electron chi connectivity index (χ4n) is 3.39. The van der Waals surface area contributed by atoms with E-state index in [1.54, 1.807) is 42.6 Å². The Hall–Kier alpha value is -3.75. The Morgan fingerprint density at radius 3 is 2.50 bits per heavy atom. The van der Waals surface area contributed by atoms with E-state index in [1.807, 2.05) is 4.57 Å². The summed E-state index contributed by atoms with van der Waals surface area (Å²) in [6.07, 6.45) is 3.24. The van der Waals surface area contributed by atoms with Gasteiger partial charge in [0.15, 0.2) is 0 Å². The minimum Gasteiger partial charge on any atom is -0.495 e. The van der Waals surface area contributed by atoms with Crippen molar-refractivity contribution in [1.82, 2.24) is 9.88 Å². The number of imide groups is 2. The van der Waals surface area contributed by atoms with Gasteiger partial charge >= 0.3 is 6.03 Å². The predicted octanol–water partition coefficient (Wildman–Crippen LogP) is 4.55. The molecule has 34 heavy (non-hydrogen) atoms. The van der Waals surface area contributed by atoms with Gasteiger partial charge < -0.3 is 14.0 Å². The van der Waals surface area contributed by atoms with E-state index in [4.69, 9.17) is 32.7 Å². The summed E-state index contributed by atoms with van der Waals surface area (Å²) in [5.41, 5.74) is 0.615. The molecule has 1 saturated heterocycles. The second-order valence-corrected chi connectivity index (χ2v) is 8.05. The number of rotatable bonds is 7. The normalized spacial score (nSPS) is 15.0. The van der Waals surface area contributed by atoms with Gasteiger partial charge in [0.25, 0.3) is 11.8 Å². The fourth-order valence-corrected chi connectivity index (χ4v) is 3.77. The van der Waals surface area contributed by atoms with Crippen LogP contribution in [0.5, 0.6) is 11.5 Å². The molecule has 8 nitrogen and oxygen atoms in total. The van der Waals surface area contributed by atoms with Crippen molar-refractivity contribution < 1.29 is 23.9 Å². The average molecular weight is 500 g/mol. The van der Waals surface area contributed by atoms with E-state index in [2.05, 4.69) is 5.32 Å². The molecule has 0 atom stereocenters. The molecule has 174 valence electrons. The molecule has 1 aliphatic heterocycles. The number of hydrogen-bond acceptors (Lipinski definition) is 5. The predicted molar refractivity (Wildman–Crippen MR) is 128 cm³/mol. The standard InChI is InChI=1S/C24H19Cl2N3O5/c1-33-21-9-6-17(14-20(21)26)29-23(31)19(22(30)27-24(29)32)13-16-3-2-10-28(16)11-12-34-18-7-4-15(25)5-8-18/h2-10,13-14H,11-12H2,1H3,(H,27,30,32)/b19-13-. The Kier molecular flexibility index (Phi) is 6.90. The largest absolute Gasteiger partial charge is 0.495 e. The van der Waals surface area contributed by atoms with E-state index in [-0.39, 0.29) is 16.3 Å². The molecule has 0 spiro atoms. The van der Waals surface area contributed by atoms with Gasteiger partial charge in [0.1, 0.15) is 23.7 Å². The average Bonchev–Trinajstić information content (AvgIpc) is 3.25. The molecule has 0 bridgehead atoms. The van der Waals surface area contributed by atoms with E-state index in [0.717, 1.165) is 4.90 Å². The van der Waals surface area contributed by atoms with Crippen LogP contribution in [0.2, 0.25) is 10.0 Å². The highest BCUT2D eigenvalue weighted by Gasteiger charge is 2.37. The van der Waals surface area contributed by atoms with Crippen LogP contribution in [0.3, 0.4) is 0 Å². The number of nitrogens with zero attached hydrogens (tertiary/aromatic N) is 2. The van der Waals surface area contributed by atoms with Gasteiger partial charge in [0.2, 0.25) is 0 Å². The summed E-state index contributed by atoms with van der Waals surface area (Å²) < 4.78 is 12.7. The molecule has 1 fully saturated rings. The maximum atomic E-state index is 13.1. The molecule has 0 unspecified atom stereocenters. The number of hydrogen-bond donors (Lipinski definition) is 1. The van der Waals surface area contributed by atoms with Crippen molar-refractivity contribution >= 4 is 52.8 Å². The summed E-state index contributed by atoms with van der Waals surface area (Å²) in [6.45, 7) is 0.808. The highest BCUT2D eigenvalue weighted by molar-refractivity contribution is 6.39. The van der Waals surface area contributed by atoms with Crippen LogP contribution in [0.4, 0.5) is 10.5 Å². The van der Waals surface area contributed by atoms with Crippen LogP contribution >= 0.6 is 23.2 Å². The third kappa shape index (κ3) is 4.93. The van der Waals surface area contributed by atoms with Crippen molar-refractivity contribution in [2.75, 3.05) is 18.6 Å². The molecule has 0 saturated carbocycles. The molecule has 0 aliphatic carbocycles. The molecular formula is C24H19Cl2N3O5. The maximum Gasteiger partial charge on any atom is 0.335 e. The van der Waals surface area contributed by atoms with Crippen molar-refractivity contribution in [3.05, 3.63) is 82.1 Å². The second kappa shape index (κ2) is 10.0. The van der Waals surface area contributed by atoms with Gasteiger partial charge in [-0.25, -0.2) is 9.69 Å². The smallest absolute Gasteiger partial charge is 0.335 e. The zero-order valence-corrected chi connectivity index (χ0v) is 19.5. The minimum absolute atomic E-state index is 0.190. The summed E-state index contributed by atoms with van der Waals surface area (Å²) in [5, 5.41) is 3.03. The van der Waals surface area contributed by atoms with E-state index >= 15 is 0 Å². The molecule has 2 aromatic carbocycles. The van der Waals surface area contributed by atoms with Crippen LogP contribution in [0.25, 0.3) is 6.08 Å². The quantitative estimate of drug-likeness (QED) is 0.380. The van der Waals surface area contributed by atoms with E-state index in [9.17, 15) is 14.4 Å². The van der Waals surface area contributed by atoms with Gasteiger partial charge in [-0.05, 0) is 60.7 Å². The van der Waals surface area contributed by atoms with Crippen molar-refractivity contribution in [2.24, 2.45) is 0 Å². The first-order valence-electron chi connectivity index (χ1n) is 10.2. The number of ether oxygens (including phenoxy) is 2. The Labute approximate surface area is 205 Å². The molecular weight excluding hydrogens is 481 g/mol. The number of carbonyl (C=O) groups excluding carboxylic acids is 3. The summed E-state index contributed by atoms with van der Waals surface area (Å²) in [6, 6.07) is 14.1. The number of nitrogens with one attached hydrogen (secondary N) is 1. The van der Waals surface area contributed by atoms with Crippen LogP contribution < -0.4 is 19.7 Å². The SMILES string of the molecule is COc1ccc(N2C(=O)NC(=O)/C(=C/c3cccn3CCOc3ccc(Cl)cc3)C2=O)cc1Cl. The first kappa shape index (κ1) is 23.4. The van der Waals surface area contributed by atoms with Crippen molar-refractivity contribution in [2.45, 2.75) is 6.54 Å². The number of methoxy groups -OCH3 is 1. The van der Waals surface area contributed by atoms with Crippen LogP contribution in [0, 0.1) is 0 Å². The lowest BCUT2D eigenvalue weighted by Crippen LogP contribution is -2.54. The minimum atomic E-state index is -0.861. The van der Waals surface area contributed by atoms with Gasteiger partial charge in [0, 0.05) is 16.9 Å². The molecule has 0 radical (unpaired) electrons. The van der Waals surface area contributed by atoms with Gasteiger partial charge in [-0.3, -0.25) is 14.9 Å². The topological polar surface area (TPSA) is 89.9 Å². The number of anilines is 1. The molecule has 3 aromatic rings. The first-order valence-corrected chi connectivity index (χ1v) is 10.9. The lowest BCUT2D eigenvalue weighted by atomic mass is 10.1. The van der Waals surface area contributed by atoms with Crippen LogP contribution in [0.1, 0.15) is 5.69 Å². The van der Waals surface area contributed by atoms with E-state index in [1.165, 1.54) is 31.4 Å². The van der Waals surface area contributed by atoms with E-state index < -0.39 is 17.8 Å². The fraction of sp³-hybridized carbons (Fsp3) is 0.125. The summed E-state index contributed by atoms with van der Waals surface area (Å²) >= 11 is 12.0. The number of aromatic nitrogens is 1. The Balaban J connectivity index is 1.54. The third-order valence-electron chi connectivity index (χ3n) is 5.07. The zero-order valence-electron chi connectivity index (χ0n) is 18.0. The number of benzene rings is 2. The summed E-state index contributed by atoms with van der Waals surface area (Å²) in [4.78, 5) is 38.9. The Morgan fingerprint density at radius 2 is 1.79 bits per heavy atom. The third-order valence-corrected chi connectivity index (χ3v) is 5.61.